The number of nitrogens with two attached hydrogens (primary N) is 4. The van der Waals surface area contributed by atoms with Crippen LogP contribution in [0.15, 0.2) is 11.8 Å². The predicted molar refractivity (Wildman–Crippen MR) is 110 cm³/mol. The molecule has 3 rings (SSSR count). The van der Waals surface area contributed by atoms with Crippen molar-refractivity contribution in [2.45, 2.75) is 86.5 Å². The lowest BCUT2D eigenvalue weighted by atomic mass is 9.84. The van der Waals surface area contributed by atoms with Crippen molar-refractivity contribution in [3.8, 4) is 0 Å². The molecule has 2 aliphatic heterocycles. The number of ether oxygens (including phenoxy) is 4. The lowest BCUT2D eigenvalue weighted by Gasteiger charge is -2.48. The molecule has 1 saturated heterocycles. The van der Waals surface area contributed by atoms with Crippen LogP contribution in [-0.4, -0.2) is 102 Å². The molecule has 0 radical (unpaired) electrons. The second-order valence-electron chi connectivity index (χ2n) is 8.81. The Morgan fingerprint density at radius 2 is 1.71 bits per heavy atom. The molecule has 3 aliphatic rings. The molecule has 0 aromatic carbocycles. The Balaban J connectivity index is 1.69. The van der Waals surface area contributed by atoms with E-state index in [0.29, 0.717) is 18.6 Å². The number of nitrogens with one attached hydrogen (secondary N) is 1. The van der Waals surface area contributed by atoms with Gasteiger partial charge in [-0.1, -0.05) is 0 Å². The minimum absolute atomic E-state index is 0.0727. The maximum atomic E-state index is 11.0. The topological polar surface area (TPSA) is 214 Å². The molecule has 0 aromatic rings. The number of likely N-dealkylation sites (N-methyl/N-ethyl adjacent to an activating group) is 1. The third kappa shape index (κ3) is 5.20. The molecule has 180 valence electrons. The number of hydrogen-bond acceptors (Lipinski definition) is 12. The summed E-state index contributed by atoms with van der Waals surface area (Å²) in [5.41, 5.74) is 22.9. The van der Waals surface area contributed by atoms with Gasteiger partial charge in [-0.15, -0.1) is 0 Å². The third-order valence-electron chi connectivity index (χ3n) is 6.22. The lowest BCUT2D eigenvalue weighted by molar-refractivity contribution is -0.303. The van der Waals surface area contributed by atoms with E-state index in [0.717, 1.165) is 0 Å². The number of aliphatic hydroxyl groups excluding tert-OH is 2. The summed E-state index contributed by atoms with van der Waals surface area (Å²) in [5, 5.41) is 34.9. The summed E-state index contributed by atoms with van der Waals surface area (Å²) in [5.74, 6) is 0.555. The maximum absolute atomic E-state index is 11.0. The SMILES string of the molecule is CN[C@H]1[C@@H](O)[C@H](O[C@@H]2[C@@H](O)[C@@H](O[C@H]3OC(CN)=CC[C@@H]3N)[C@@H](N)C[C@@H]2N)OC[C@]1(C)O. The molecule has 2 fully saturated rings. The van der Waals surface area contributed by atoms with Gasteiger partial charge in [-0.05, 0) is 32.9 Å². The van der Waals surface area contributed by atoms with Gasteiger partial charge in [0.15, 0.2) is 6.29 Å². The van der Waals surface area contributed by atoms with Crippen LogP contribution in [0.1, 0.15) is 19.8 Å². The number of hydrogen-bond donors (Lipinski definition) is 8. The van der Waals surface area contributed by atoms with Gasteiger partial charge in [0.25, 0.3) is 0 Å². The molecule has 12 N–H and O–H groups in total. The molecule has 0 bridgehead atoms. The smallest absolute Gasteiger partial charge is 0.215 e. The third-order valence-corrected chi connectivity index (χ3v) is 6.22. The molecule has 12 heteroatoms. The molecule has 12 nitrogen and oxygen atoms in total. The highest BCUT2D eigenvalue weighted by Gasteiger charge is 2.50. The van der Waals surface area contributed by atoms with Crippen molar-refractivity contribution in [1.29, 1.82) is 0 Å². The van der Waals surface area contributed by atoms with Crippen LogP contribution in [0.3, 0.4) is 0 Å². The largest absolute Gasteiger partial charge is 0.467 e. The Hall–Kier alpha value is -0.900. The van der Waals surface area contributed by atoms with E-state index in [1.807, 2.05) is 0 Å². The molecule has 0 unspecified atom stereocenters. The zero-order valence-corrected chi connectivity index (χ0v) is 18.0. The Bertz CT molecular complexity index is 639. The highest BCUT2D eigenvalue weighted by molar-refractivity contribution is 5.04. The Morgan fingerprint density at radius 3 is 2.29 bits per heavy atom. The van der Waals surface area contributed by atoms with Crippen molar-refractivity contribution < 1.29 is 34.3 Å². The fraction of sp³-hybridized carbons (Fsp3) is 0.895. The first-order valence-corrected chi connectivity index (χ1v) is 10.6. The molecule has 1 saturated carbocycles. The van der Waals surface area contributed by atoms with Crippen LogP contribution in [-0.2, 0) is 18.9 Å². The zero-order chi connectivity index (χ0) is 22.9. The highest BCUT2D eigenvalue weighted by atomic mass is 16.7. The van der Waals surface area contributed by atoms with Crippen LogP contribution in [0.5, 0.6) is 0 Å². The van der Waals surface area contributed by atoms with Crippen LogP contribution < -0.4 is 28.3 Å². The van der Waals surface area contributed by atoms with Crippen LogP contribution in [0, 0.1) is 0 Å². The molecule has 0 amide bonds. The summed E-state index contributed by atoms with van der Waals surface area (Å²) in [6.07, 6.45) is -3.56. The number of aliphatic hydroxyl groups is 3. The molecule has 31 heavy (non-hydrogen) atoms. The average Bonchev–Trinajstić information content (AvgIpc) is 2.71. The number of rotatable bonds is 6. The molecule has 1 aliphatic carbocycles. The zero-order valence-electron chi connectivity index (χ0n) is 18.0. The van der Waals surface area contributed by atoms with E-state index >= 15 is 0 Å². The van der Waals surface area contributed by atoms with Gasteiger partial charge in [0, 0.05) is 12.1 Å². The summed E-state index contributed by atoms with van der Waals surface area (Å²) in [7, 11) is 1.62. The first kappa shape index (κ1) is 24.7. The quantitative estimate of drug-likeness (QED) is 0.196. The first-order valence-electron chi connectivity index (χ1n) is 10.6. The van der Waals surface area contributed by atoms with E-state index in [1.165, 1.54) is 0 Å². The van der Waals surface area contributed by atoms with Gasteiger partial charge in [0.2, 0.25) is 6.29 Å². The van der Waals surface area contributed by atoms with Gasteiger partial charge >= 0.3 is 0 Å². The minimum atomic E-state index is -1.29. The van der Waals surface area contributed by atoms with Crippen molar-refractivity contribution in [1.82, 2.24) is 5.32 Å². The predicted octanol–water partition coefficient (Wildman–Crippen LogP) is -3.85. The Morgan fingerprint density at radius 1 is 1.10 bits per heavy atom. The van der Waals surface area contributed by atoms with Crippen LogP contribution >= 0.6 is 0 Å². The van der Waals surface area contributed by atoms with E-state index in [1.54, 1.807) is 20.0 Å². The maximum Gasteiger partial charge on any atom is 0.215 e. The van der Waals surface area contributed by atoms with E-state index < -0.39 is 66.8 Å². The highest BCUT2D eigenvalue weighted by Crippen LogP contribution is 2.31. The normalized spacial score (nSPS) is 48.7. The van der Waals surface area contributed by atoms with Gasteiger partial charge in [-0.3, -0.25) is 0 Å². The fourth-order valence-corrected chi connectivity index (χ4v) is 4.44. The van der Waals surface area contributed by atoms with Gasteiger partial charge < -0.3 is 62.5 Å². The molecular formula is C19H37N5O7. The second-order valence-corrected chi connectivity index (χ2v) is 8.81. The minimum Gasteiger partial charge on any atom is -0.467 e. The van der Waals surface area contributed by atoms with Gasteiger partial charge in [-0.2, -0.15) is 0 Å². The van der Waals surface area contributed by atoms with Crippen molar-refractivity contribution in [3.63, 3.8) is 0 Å². The van der Waals surface area contributed by atoms with Crippen molar-refractivity contribution in [2.75, 3.05) is 20.2 Å². The van der Waals surface area contributed by atoms with Crippen molar-refractivity contribution >= 4 is 0 Å². The van der Waals surface area contributed by atoms with Gasteiger partial charge in [0.1, 0.15) is 35.8 Å². The Kier molecular flexibility index (Phi) is 7.92. The monoisotopic (exact) mass is 447 g/mol. The fourth-order valence-electron chi connectivity index (χ4n) is 4.44. The molecular weight excluding hydrogens is 410 g/mol. The summed E-state index contributed by atoms with van der Waals surface area (Å²) in [6.45, 7) is 1.68. The van der Waals surface area contributed by atoms with E-state index in [-0.39, 0.29) is 13.2 Å². The van der Waals surface area contributed by atoms with Crippen LogP contribution in [0.25, 0.3) is 0 Å². The summed E-state index contributed by atoms with van der Waals surface area (Å²) in [6, 6.07) is -2.37. The van der Waals surface area contributed by atoms with Crippen LogP contribution in [0.4, 0.5) is 0 Å². The molecule has 2 heterocycles. The lowest BCUT2D eigenvalue weighted by Crippen LogP contribution is -2.68. The van der Waals surface area contributed by atoms with Crippen molar-refractivity contribution in [3.05, 3.63) is 11.8 Å². The molecule has 11 atom stereocenters. The standard InChI is InChI=1S/C19H37N5O7/c1-19(27)7-28-18(13(26)16(19)24-2)31-15-11(23)5-10(22)14(12(15)25)30-17-9(21)4-3-8(6-20)29-17/h3,9-18,24-27H,4-7,20-23H2,1-2H3/t9-,10-,11-,12-,13+,14-,15-,16-,17+,18-,19-/m0/s1. The van der Waals surface area contributed by atoms with Gasteiger partial charge in [0.05, 0.1) is 25.2 Å². The van der Waals surface area contributed by atoms with E-state index in [9.17, 15) is 15.3 Å². The summed E-state index contributed by atoms with van der Waals surface area (Å²) in [4.78, 5) is 0. The van der Waals surface area contributed by atoms with Crippen molar-refractivity contribution in [2.24, 2.45) is 22.9 Å². The Labute approximate surface area is 181 Å². The van der Waals surface area contributed by atoms with E-state index in [2.05, 4.69) is 5.32 Å². The molecule has 0 spiro atoms. The molecule has 0 aromatic heterocycles. The first-order chi connectivity index (χ1) is 14.6. The average molecular weight is 448 g/mol. The summed E-state index contributed by atoms with van der Waals surface area (Å²) >= 11 is 0. The second kappa shape index (κ2) is 9.93. The van der Waals surface area contributed by atoms with E-state index in [4.69, 9.17) is 41.9 Å². The van der Waals surface area contributed by atoms with Crippen LogP contribution in [0.2, 0.25) is 0 Å². The summed E-state index contributed by atoms with van der Waals surface area (Å²) < 4.78 is 23.1. The van der Waals surface area contributed by atoms with Gasteiger partial charge in [-0.25, -0.2) is 0 Å².